The predicted molar refractivity (Wildman–Crippen MR) is 100 cm³/mol. The monoisotopic (exact) mass is 374 g/mol. The standard InChI is InChI=1S/C20H24F2N4O/c1-20(21,22)17-16(18(27)23-12-14-8-4-2-5-9-14)13-24-19(26-17)25-15-10-6-3-7-11-15/h3,6-7,10-11,13-14H,2,4-5,8-9,12H2,1H3,(H,23,27)(H,24,25,26). The van der Waals surface area contributed by atoms with Gasteiger partial charge >= 0.3 is 0 Å². The molecule has 3 rings (SSSR count). The minimum Gasteiger partial charge on any atom is -0.352 e. The molecular weight excluding hydrogens is 350 g/mol. The highest BCUT2D eigenvalue weighted by molar-refractivity contribution is 5.95. The van der Waals surface area contributed by atoms with Crippen LogP contribution in [-0.2, 0) is 5.92 Å². The third-order valence-electron chi connectivity index (χ3n) is 4.76. The molecule has 144 valence electrons. The van der Waals surface area contributed by atoms with E-state index in [0.717, 1.165) is 32.6 Å². The summed E-state index contributed by atoms with van der Waals surface area (Å²) in [5, 5.41) is 5.66. The number of hydrogen-bond acceptors (Lipinski definition) is 4. The minimum atomic E-state index is -3.26. The van der Waals surface area contributed by atoms with Crippen molar-refractivity contribution in [2.45, 2.75) is 45.0 Å². The number of nitrogens with one attached hydrogen (secondary N) is 2. The Morgan fingerprint density at radius 3 is 2.56 bits per heavy atom. The molecule has 0 saturated heterocycles. The fraction of sp³-hybridized carbons (Fsp3) is 0.450. The Hall–Kier alpha value is -2.57. The summed E-state index contributed by atoms with van der Waals surface area (Å²) in [7, 11) is 0. The van der Waals surface area contributed by atoms with Gasteiger partial charge in [-0.05, 0) is 30.9 Å². The topological polar surface area (TPSA) is 66.9 Å². The second kappa shape index (κ2) is 8.41. The number of alkyl halides is 2. The number of carbonyl (C=O) groups excluding carboxylic acids is 1. The van der Waals surface area contributed by atoms with E-state index in [0.29, 0.717) is 18.2 Å². The van der Waals surface area contributed by atoms with Crippen LogP contribution in [0.1, 0.15) is 55.1 Å². The van der Waals surface area contributed by atoms with Crippen LogP contribution in [0.3, 0.4) is 0 Å². The van der Waals surface area contributed by atoms with Crippen LogP contribution in [0.5, 0.6) is 0 Å². The number of para-hydroxylation sites is 1. The molecule has 1 aromatic carbocycles. The van der Waals surface area contributed by atoms with Crippen LogP contribution < -0.4 is 10.6 Å². The first kappa shape index (κ1) is 19.2. The number of carbonyl (C=O) groups is 1. The first-order valence-corrected chi connectivity index (χ1v) is 9.29. The Balaban J connectivity index is 1.76. The number of aromatic nitrogens is 2. The molecule has 1 amide bonds. The highest BCUT2D eigenvalue weighted by atomic mass is 19.3. The van der Waals surface area contributed by atoms with Crippen molar-refractivity contribution in [2.75, 3.05) is 11.9 Å². The number of rotatable bonds is 6. The van der Waals surface area contributed by atoms with E-state index in [1.807, 2.05) is 18.2 Å². The molecule has 5 nitrogen and oxygen atoms in total. The van der Waals surface area contributed by atoms with Crippen LogP contribution in [-0.4, -0.2) is 22.4 Å². The van der Waals surface area contributed by atoms with Gasteiger partial charge in [0.15, 0.2) is 0 Å². The van der Waals surface area contributed by atoms with Crippen LogP contribution in [0.15, 0.2) is 36.5 Å². The van der Waals surface area contributed by atoms with Crippen molar-refractivity contribution in [3.8, 4) is 0 Å². The second-order valence-corrected chi connectivity index (χ2v) is 7.05. The van der Waals surface area contributed by atoms with Gasteiger partial charge in [0.2, 0.25) is 5.95 Å². The van der Waals surface area contributed by atoms with Crippen LogP contribution in [0.2, 0.25) is 0 Å². The first-order valence-electron chi connectivity index (χ1n) is 9.29. The van der Waals surface area contributed by atoms with Crippen molar-refractivity contribution in [1.29, 1.82) is 0 Å². The van der Waals surface area contributed by atoms with E-state index in [1.165, 1.54) is 12.6 Å². The van der Waals surface area contributed by atoms with E-state index in [1.54, 1.807) is 12.1 Å². The zero-order valence-electron chi connectivity index (χ0n) is 15.3. The van der Waals surface area contributed by atoms with E-state index in [-0.39, 0.29) is 11.5 Å². The Bertz CT molecular complexity index is 771. The number of hydrogen-bond donors (Lipinski definition) is 2. The normalized spacial score (nSPS) is 15.4. The lowest BCUT2D eigenvalue weighted by molar-refractivity contribution is 0.0116. The summed E-state index contributed by atoms with van der Waals surface area (Å²) in [6.45, 7) is 1.23. The molecule has 0 unspecified atom stereocenters. The van der Waals surface area contributed by atoms with Gasteiger partial charge < -0.3 is 10.6 Å². The fourth-order valence-electron chi connectivity index (χ4n) is 3.32. The highest BCUT2D eigenvalue weighted by Gasteiger charge is 2.33. The Morgan fingerprint density at radius 2 is 1.89 bits per heavy atom. The smallest absolute Gasteiger partial charge is 0.287 e. The molecule has 0 atom stereocenters. The summed E-state index contributed by atoms with van der Waals surface area (Å²) < 4.78 is 28.2. The summed E-state index contributed by atoms with van der Waals surface area (Å²) in [5.74, 6) is -3.37. The number of benzene rings is 1. The average Bonchev–Trinajstić information content (AvgIpc) is 2.67. The van der Waals surface area contributed by atoms with Crippen molar-refractivity contribution < 1.29 is 13.6 Å². The molecule has 27 heavy (non-hydrogen) atoms. The van der Waals surface area contributed by atoms with Crippen LogP contribution in [0.25, 0.3) is 0 Å². The Labute approximate surface area is 157 Å². The first-order chi connectivity index (χ1) is 12.9. The minimum absolute atomic E-state index is 0.0292. The summed E-state index contributed by atoms with van der Waals surface area (Å²) in [6, 6.07) is 9.02. The number of amides is 1. The van der Waals surface area contributed by atoms with Gasteiger partial charge in [-0.25, -0.2) is 9.97 Å². The number of halogens is 2. The van der Waals surface area contributed by atoms with E-state index < -0.39 is 17.5 Å². The van der Waals surface area contributed by atoms with Gasteiger partial charge in [-0.3, -0.25) is 4.79 Å². The lowest BCUT2D eigenvalue weighted by Crippen LogP contribution is -2.32. The van der Waals surface area contributed by atoms with E-state index >= 15 is 0 Å². The third kappa shape index (κ3) is 5.21. The molecule has 1 saturated carbocycles. The maximum atomic E-state index is 14.1. The van der Waals surface area contributed by atoms with Crippen LogP contribution in [0, 0.1) is 5.92 Å². The molecule has 0 radical (unpaired) electrons. The summed E-state index contributed by atoms with van der Waals surface area (Å²) in [6.07, 6.45) is 6.83. The Kier molecular flexibility index (Phi) is 5.98. The zero-order chi connectivity index (χ0) is 19.3. The SMILES string of the molecule is CC(F)(F)c1nc(Nc2ccccc2)ncc1C(=O)NCC1CCCCC1. The summed E-state index contributed by atoms with van der Waals surface area (Å²) in [5.41, 5.74) is -0.0774. The van der Waals surface area contributed by atoms with E-state index in [2.05, 4.69) is 20.6 Å². The Morgan fingerprint density at radius 1 is 1.19 bits per heavy atom. The molecular formula is C20H24F2N4O. The predicted octanol–water partition coefficient (Wildman–Crippen LogP) is 4.64. The lowest BCUT2D eigenvalue weighted by Gasteiger charge is -2.22. The molecule has 1 heterocycles. The van der Waals surface area contributed by atoms with Crippen molar-refractivity contribution >= 4 is 17.5 Å². The summed E-state index contributed by atoms with van der Waals surface area (Å²) in [4.78, 5) is 20.4. The molecule has 7 heteroatoms. The largest absolute Gasteiger partial charge is 0.352 e. The van der Waals surface area contributed by atoms with Gasteiger partial charge in [0, 0.05) is 25.4 Å². The van der Waals surface area contributed by atoms with E-state index in [9.17, 15) is 13.6 Å². The molecule has 1 fully saturated rings. The molecule has 0 bridgehead atoms. The van der Waals surface area contributed by atoms with Crippen molar-refractivity contribution in [3.05, 3.63) is 47.8 Å². The quantitative estimate of drug-likeness (QED) is 0.773. The average molecular weight is 374 g/mol. The van der Waals surface area contributed by atoms with Crippen molar-refractivity contribution in [3.63, 3.8) is 0 Å². The van der Waals surface area contributed by atoms with Gasteiger partial charge in [-0.15, -0.1) is 0 Å². The van der Waals surface area contributed by atoms with Gasteiger partial charge in [-0.2, -0.15) is 8.78 Å². The molecule has 0 aliphatic heterocycles. The van der Waals surface area contributed by atoms with Gasteiger partial charge in [0.25, 0.3) is 11.8 Å². The van der Waals surface area contributed by atoms with Crippen molar-refractivity contribution in [2.24, 2.45) is 5.92 Å². The fourth-order valence-corrected chi connectivity index (χ4v) is 3.32. The molecule has 2 N–H and O–H groups in total. The van der Waals surface area contributed by atoms with Crippen molar-refractivity contribution in [1.82, 2.24) is 15.3 Å². The van der Waals surface area contributed by atoms with Gasteiger partial charge in [-0.1, -0.05) is 37.5 Å². The molecule has 2 aromatic rings. The molecule has 1 aliphatic carbocycles. The molecule has 1 aliphatic rings. The highest BCUT2D eigenvalue weighted by Crippen LogP contribution is 2.29. The lowest BCUT2D eigenvalue weighted by atomic mass is 9.89. The summed E-state index contributed by atoms with van der Waals surface area (Å²) >= 11 is 0. The third-order valence-corrected chi connectivity index (χ3v) is 4.76. The van der Waals surface area contributed by atoms with Gasteiger partial charge in [0.05, 0.1) is 5.56 Å². The zero-order valence-corrected chi connectivity index (χ0v) is 15.3. The maximum absolute atomic E-state index is 14.1. The van der Waals surface area contributed by atoms with Gasteiger partial charge in [0.1, 0.15) is 5.69 Å². The maximum Gasteiger partial charge on any atom is 0.287 e. The number of anilines is 2. The second-order valence-electron chi connectivity index (χ2n) is 7.05. The van der Waals surface area contributed by atoms with E-state index in [4.69, 9.17) is 0 Å². The van der Waals surface area contributed by atoms with Crippen LogP contribution in [0.4, 0.5) is 20.4 Å². The molecule has 1 aromatic heterocycles. The number of nitrogens with zero attached hydrogens (tertiary/aromatic N) is 2. The van der Waals surface area contributed by atoms with Crippen LogP contribution >= 0.6 is 0 Å². The molecule has 0 spiro atoms.